The Morgan fingerprint density at radius 3 is 2.75 bits per heavy atom. The van der Waals surface area contributed by atoms with Crippen LogP contribution in [-0.2, 0) is 19.3 Å². The number of hydrogen-bond donors (Lipinski definition) is 0. The molecule has 1 aliphatic carbocycles. The van der Waals surface area contributed by atoms with Crippen LogP contribution in [0.25, 0.3) is 5.69 Å². The molecular formula is C22H19F2N3O. The van der Waals surface area contributed by atoms with Crippen molar-refractivity contribution in [3.63, 3.8) is 0 Å². The number of benzene rings is 2. The highest BCUT2D eigenvalue weighted by atomic mass is 19.2. The number of anilines is 1. The van der Waals surface area contributed by atoms with E-state index in [9.17, 15) is 13.6 Å². The Kier molecular flexibility index (Phi) is 3.82. The topological polar surface area (TPSA) is 38.1 Å². The van der Waals surface area contributed by atoms with Gasteiger partial charge in [-0.3, -0.25) is 4.79 Å². The van der Waals surface area contributed by atoms with Gasteiger partial charge in [0.2, 0.25) is 0 Å². The van der Waals surface area contributed by atoms with Crippen molar-refractivity contribution in [1.82, 2.24) is 9.78 Å². The summed E-state index contributed by atoms with van der Waals surface area (Å²) in [6.45, 7) is 2.64. The maximum Gasteiger partial charge on any atom is 0.279 e. The second-order valence-corrected chi connectivity index (χ2v) is 7.43. The molecule has 1 aromatic heterocycles. The van der Waals surface area contributed by atoms with Gasteiger partial charge in [-0.05, 0) is 55.9 Å². The fourth-order valence-corrected chi connectivity index (χ4v) is 4.42. The molecule has 1 aliphatic heterocycles. The minimum Gasteiger partial charge on any atom is -0.306 e. The number of rotatable bonds is 2. The molecule has 0 spiro atoms. The average Bonchev–Trinajstić information content (AvgIpc) is 3.38. The number of aryl methyl sites for hydroxylation is 1. The van der Waals surface area contributed by atoms with Gasteiger partial charge in [-0.15, -0.1) is 0 Å². The molecule has 28 heavy (non-hydrogen) atoms. The molecule has 0 radical (unpaired) electrons. The summed E-state index contributed by atoms with van der Waals surface area (Å²) in [5.74, 6) is -1.93. The zero-order chi connectivity index (χ0) is 19.4. The van der Waals surface area contributed by atoms with E-state index in [2.05, 4.69) is 11.2 Å². The Hall–Kier alpha value is -3.02. The van der Waals surface area contributed by atoms with Crippen molar-refractivity contribution in [2.24, 2.45) is 0 Å². The zero-order valence-electron chi connectivity index (χ0n) is 15.5. The fraction of sp³-hybridized carbons (Fsp3) is 0.273. The Bertz CT molecular complexity index is 1120. The van der Waals surface area contributed by atoms with Crippen LogP contribution in [0.5, 0.6) is 0 Å². The SMILES string of the molecule is Cc1cccc2c1N(C(=O)c1nn(-c3ccc(F)c(F)c3)c3c1CCC3)CC2. The first kappa shape index (κ1) is 17.1. The molecule has 0 fully saturated rings. The van der Waals surface area contributed by atoms with Crippen LogP contribution in [0.15, 0.2) is 36.4 Å². The number of carbonyl (C=O) groups excluding carboxylic acids is 1. The van der Waals surface area contributed by atoms with Crippen LogP contribution in [0.2, 0.25) is 0 Å². The largest absolute Gasteiger partial charge is 0.306 e. The van der Waals surface area contributed by atoms with Crippen molar-refractivity contribution < 1.29 is 13.6 Å². The molecule has 0 saturated carbocycles. The molecule has 4 nitrogen and oxygen atoms in total. The van der Waals surface area contributed by atoms with E-state index in [1.54, 1.807) is 9.58 Å². The first-order chi connectivity index (χ1) is 13.5. The van der Waals surface area contributed by atoms with Gasteiger partial charge in [-0.1, -0.05) is 18.2 Å². The second-order valence-electron chi connectivity index (χ2n) is 7.43. The predicted octanol–water partition coefficient (Wildman–Crippen LogP) is 4.15. The number of nitrogens with zero attached hydrogens (tertiary/aromatic N) is 3. The van der Waals surface area contributed by atoms with Crippen LogP contribution in [0.4, 0.5) is 14.5 Å². The minimum absolute atomic E-state index is 0.118. The van der Waals surface area contributed by atoms with Gasteiger partial charge in [0, 0.05) is 23.9 Å². The van der Waals surface area contributed by atoms with Gasteiger partial charge in [0.1, 0.15) is 0 Å². The minimum atomic E-state index is -0.920. The molecule has 0 atom stereocenters. The number of aromatic nitrogens is 2. The lowest BCUT2D eigenvalue weighted by molar-refractivity contribution is 0.0983. The third-order valence-electron chi connectivity index (χ3n) is 5.72. The molecule has 1 amide bonds. The van der Waals surface area contributed by atoms with Crippen LogP contribution < -0.4 is 4.90 Å². The highest BCUT2D eigenvalue weighted by Crippen LogP contribution is 2.35. The van der Waals surface area contributed by atoms with Gasteiger partial charge in [0.15, 0.2) is 17.3 Å². The summed E-state index contributed by atoms with van der Waals surface area (Å²) in [5.41, 5.74) is 5.92. The Labute approximate surface area is 161 Å². The van der Waals surface area contributed by atoms with Gasteiger partial charge in [0.25, 0.3) is 5.91 Å². The molecular weight excluding hydrogens is 360 g/mol. The van der Waals surface area contributed by atoms with Gasteiger partial charge < -0.3 is 4.90 Å². The average molecular weight is 379 g/mol. The summed E-state index contributed by atoms with van der Waals surface area (Å²) in [5, 5.41) is 4.56. The first-order valence-corrected chi connectivity index (χ1v) is 9.51. The predicted molar refractivity (Wildman–Crippen MR) is 102 cm³/mol. The number of halogens is 2. The van der Waals surface area contributed by atoms with Crippen molar-refractivity contribution in [3.05, 3.63) is 76.1 Å². The Morgan fingerprint density at radius 1 is 1.07 bits per heavy atom. The number of carbonyl (C=O) groups is 1. The lowest BCUT2D eigenvalue weighted by Crippen LogP contribution is -2.30. The van der Waals surface area contributed by atoms with Crippen LogP contribution in [0, 0.1) is 18.6 Å². The molecule has 0 bridgehead atoms. The Balaban J connectivity index is 1.59. The van der Waals surface area contributed by atoms with E-state index in [0.29, 0.717) is 17.9 Å². The summed E-state index contributed by atoms with van der Waals surface area (Å²) in [4.78, 5) is 15.2. The smallest absolute Gasteiger partial charge is 0.279 e. The number of fused-ring (bicyclic) bond motifs is 2. The normalized spacial score (nSPS) is 15.0. The van der Waals surface area contributed by atoms with E-state index in [0.717, 1.165) is 60.3 Å². The Morgan fingerprint density at radius 2 is 1.93 bits per heavy atom. The van der Waals surface area contributed by atoms with Crippen LogP contribution in [0.1, 0.15) is 39.3 Å². The van der Waals surface area contributed by atoms with Crippen LogP contribution in [0.3, 0.4) is 0 Å². The summed E-state index contributed by atoms with van der Waals surface area (Å²) < 4.78 is 28.7. The molecule has 142 valence electrons. The molecule has 0 saturated heterocycles. The van der Waals surface area contributed by atoms with Gasteiger partial charge in [0.05, 0.1) is 11.4 Å². The molecule has 0 unspecified atom stereocenters. The third-order valence-corrected chi connectivity index (χ3v) is 5.72. The van der Waals surface area contributed by atoms with Gasteiger partial charge in [-0.2, -0.15) is 5.10 Å². The summed E-state index contributed by atoms with van der Waals surface area (Å²) in [6, 6.07) is 9.79. The van der Waals surface area contributed by atoms with E-state index in [1.807, 2.05) is 19.1 Å². The van der Waals surface area contributed by atoms with E-state index in [1.165, 1.54) is 11.6 Å². The van der Waals surface area contributed by atoms with E-state index >= 15 is 0 Å². The molecule has 6 heteroatoms. The monoisotopic (exact) mass is 379 g/mol. The highest BCUT2D eigenvalue weighted by molar-refractivity contribution is 6.07. The van der Waals surface area contributed by atoms with Gasteiger partial charge >= 0.3 is 0 Å². The molecule has 5 rings (SSSR count). The lowest BCUT2D eigenvalue weighted by atomic mass is 10.1. The number of hydrogen-bond acceptors (Lipinski definition) is 2. The van der Waals surface area contributed by atoms with Crippen molar-refractivity contribution >= 4 is 11.6 Å². The van der Waals surface area contributed by atoms with Crippen molar-refractivity contribution in [2.75, 3.05) is 11.4 Å². The molecule has 2 heterocycles. The van der Waals surface area contributed by atoms with Crippen LogP contribution in [-0.4, -0.2) is 22.2 Å². The first-order valence-electron chi connectivity index (χ1n) is 9.51. The van der Waals surface area contributed by atoms with Crippen molar-refractivity contribution in [1.29, 1.82) is 0 Å². The molecule has 0 N–H and O–H groups in total. The lowest BCUT2D eigenvalue weighted by Gasteiger charge is -2.18. The van der Waals surface area contributed by atoms with Crippen molar-refractivity contribution in [2.45, 2.75) is 32.6 Å². The summed E-state index contributed by atoms with van der Waals surface area (Å²) in [7, 11) is 0. The highest BCUT2D eigenvalue weighted by Gasteiger charge is 2.33. The maximum absolute atomic E-state index is 13.7. The number of para-hydroxylation sites is 1. The zero-order valence-corrected chi connectivity index (χ0v) is 15.5. The summed E-state index contributed by atoms with van der Waals surface area (Å²) >= 11 is 0. The van der Waals surface area contributed by atoms with Crippen molar-refractivity contribution in [3.8, 4) is 5.69 Å². The van der Waals surface area contributed by atoms with E-state index < -0.39 is 11.6 Å². The van der Waals surface area contributed by atoms with Crippen LogP contribution >= 0.6 is 0 Å². The standard InChI is InChI=1S/C22H19F2N3O/c1-13-4-2-5-14-10-11-26(21(13)14)22(28)20-16-6-3-7-19(16)27(25-20)15-8-9-17(23)18(24)12-15/h2,4-5,8-9,12H,3,6-7,10-11H2,1H3. The van der Waals surface area contributed by atoms with E-state index in [4.69, 9.17) is 0 Å². The molecule has 2 aliphatic rings. The fourth-order valence-electron chi connectivity index (χ4n) is 4.42. The molecule has 2 aromatic carbocycles. The number of amides is 1. The summed E-state index contributed by atoms with van der Waals surface area (Å²) in [6.07, 6.45) is 3.29. The maximum atomic E-state index is 13.7. The third kappa shape index (κ3) is 2.47. The van der Waals surface area contributed by atoms with E-state index in [-0.39, 0.29) is 5.91 Å². The second kappa shape index (κ2) is 6.26. The van der Waals surface area contributed by atoms with Gasteiger partial charge in [-0.25, -0.2) is 13.5 Å². The molecule has 3 aromatic rings. The quantitative estimate of drug-likeness (QED) is 0.671.